The van der Waals surface area contributed by atoms with Crippen LogP contribution in [0.4, 0.5) is 5.69 Å². The summed E-state index contributed by atoms with van der Waals surface area (Å²) in [6, 6.07) is 4.64. The molecule has 0 fully saturated rings. The molecule has 0 aromatic heterocycles. The number of sulfonamides is 1. The number of carbonyl (C=O) groups excluding carboxylic acids is 1. The lowest BCUT2D eigenvalue weighted by Gasteiger charge is -2.16. The fourth-order valence-corrected chi connectivity index (χ4v) is 2.66. The second-order valence-corrected chi connectivity index (χ2v) is 6.20. The van der Waals surface area contributed by atoms with Gasteiger partial charge in [0.25, 0.3) is 5.69 Å². The van der Waals surface area contributed by atoms with Gasteiger partial charge in [0.15, 0.2) is 0 Å². The molecule has 0 atom stereocenters. The van der Waals surface area contributed by atoms with Crippen LogP contribution in [-0.2, 0) is 14.8 Å². The van der Waals surface area contributed by atoms with Crippen molar-refractivity contribution in [3.8, 4) is 0 Å². The number of nitro groups is 1. The molecule has 0 aliphatic heterocycles. The second kappa shape index (κ2) is 7.11. The molecule has 116 valence electrons. The molecule has 0 aliphatic rings. The minimum absolute atomic E-state index is 0.240. The van der Waals surface area contributed by atoms with Gasteiger partial charge in [-0.1, -0.05) is 6.07 Å². The number of carbonyl (C=O) groups is 1. The van der Waals surface area contributed by atoms with Gasteiger partial charge in [-0.3, -0.25) is 14.9 Å². The van der Waals surface area contributed by atoms with Crippen molar-refractivity contribution >= 4 is 21.6 Å². The third-order valence-electron chi connectivity index (χ3n) is 2.57. The number of rotatable bonds is 7. The van der Waals surface area contributed by atoms with Crippen LogP contribution < -0.4 is 11.1 Å². The minimum Gasteiger partial charge on any atom is -0.354 e. The maximum Gasteiger partial charge on any atom is 0.270 e. The average Bonchev–Trinajstić information content (AvgIpc) is 2.45. The van der Waals surface area contributed by atoms with Crippen molar-refractivity contribution in [3.05, 3.63) is 34.4 Å². The number of non-ortho nitro benzene ring substituents is 1. The molecule has 9 nitrogen and oxygen atoms in total. The molecule has 0 radical (unpaired) electrons. The van der Waals surface area contributed by atoms with Gasteiger partial charge in [0.1, 0.15) is 0 Å². The van der Waals surface area contributed by atoms with Crippen molar-refractivity contribution in [1.82, 2.24) is 9.62 Å². The highest BCUT2D eigenvalue weighted by molar-refractivity contribution is 7.89. The van der Waals surface area contributed by atoms with E-state index in [-0.39, 0.29) is 23.7 Å². The first-order valence-electron chi connectivity index (χ1n) is 5.96. The molecule has 1 rings (SSSR count). The molecule has 0 aliphatic carbocycles. The van der Waals surface area contributed by atoms with Crippen LogP contribution >= 0.6 is 0 Å². The predicted molar refractivity (Wildman–Crippen MR) is 75.0 cm³/mol. The lowest BCUT2D eigenvalue weighted by atomic mass is 10.3. The fourth-order valence-electron chi connectivity index (χ4n) is 1.49. The third-order valence-corrected chi connectivity index (χ3v) is 4.37. The Morgan fingerprint density at radius 3 is 2.71 bits per heavy atom. The SMILES string of the molecule is CN(CC(=O)NCCN)S(=O)(=O)c1cccc([N+](=O)[O-])c1. The summed E-state index contributed by atoms with van der Waals surface area (Å²) in [6.07, 6.45) is 0. The van der Waals surface area contributed by atoms with E-state index in [4.69, 9.17) is 5.73 Å². The van der Waals surface area contributed by atoms with Crippen molar-refractivity contribution in [3.63, 3.8) is 0 Å². The summed E-state index contributed by atoms with van der Waals surface area (Å²) in [5.74, 6) is -0.503. The van der Waals surface area contributed by atoms with Crippen molar-refractivity contribution in [2.24, 2.45) is 5.73 Å². The molecule has 0 bridgehead atoms. The Hall–Kier alpha value is -2.04. The standard InChI is InChI=1S/C11H16N4O5S/c1-14(8-11(16)13-6-5-12)21(19,20)10-4-2-3-9(7-10)15(17)18/h2-4,7H,5-6,8,12H2,1H3,(H,13,16). The van der Waals surface area contributed by atoms with Crippen LogP contribution in [0.1, 0.15) is 0 Å². The van der Waals surface area contributed by atoms with E-state index in [9.17, 15) is 23.3 Å². The number of nitrogens with one attached hydrogen (secondary N) is 1. The number of nitrogens with two attached hydrogens (primary N) is 1. The monoisotopic (exact) mass is 316 g/mol. The van der Waals surface area contributed by atoms with E-state index < -0.39 is 27.4 Å². The van der Waals surface area contributed by atoms with Crippen molar-refractivity contribution < 1.29 is 18.1 Å². The quantitative estimate of drug-likeness (QED) is 0.504. The molecule has 1 aromatic carbocycles. The molecule has 0 heterocycles. The first-order valence-corrected chi connectivity index (χ1v) is 7.40. The molecule has 1 amide bonds. The lowest BCUT2D eigenvalue weighted by molar-refractivity contribution is -0.385. The molecular formula is C11H16N4O5S. The largest absolute Gasteiger partial charge is 0.354 e. The van der Waals surface area contributed by atoms with E-state index in [0.29, 0.717) is 0 Å². The Kier molecular flexibility index (Phi) is 5.76. The number of nitrogens with zero attached hydrogens (tertiary/aromatic N) is 2. The summed E-state index contributed by atoms with van der Waals surface area (Å²) >= 11 is 0. The Morgan fingerprint density at radius 1 is 1.48 bits per heavy atom. The highest BCUT2D eigenvalue weighted by Gasteiger charge is 2.24. The van der Waals surface area contributed by atoms with Gasteiger partial charge in [0, 0.05) is 32.3 Å². The summed E-state index contributed by atoms with van der Waals surface area (Å²) in [5, 5.41) is 13.1. The third kappa shape index (κ3) is 4.48. The maximum atomic E-state index is 12.2. The van der Waals surface area contributed by atoms with Gasteiger partial charge in [-0.25, -0.2) is 8.42 Å². The zero-order chi connectivity index (χ0) is 16.0. The number of hydrogen-bond acceptors (Lipinski definition) is 6. The van der Waals surface area contributed by atoms with E-state index in [1.54, 1.807) is 0 Å². The number of hydrogen-bond donors (Lipinski definition) is 2. The molecule has 3 N–H and O–H groups in total. The Balaban J connectivity index is 2.92. The zero-order valence-corrected chi connectivity index (χ0v) is 12.2. The normalized spacial score (nSPS) is 11.4. The van der Waals surface area contributed by atoms with Crippen molar-refractivity contribution in [1.29, 1.82) is 0 Å². The van der Waals surface area contributed by atoms with Crippen LogP contribution in [0.15, 0.2) is 29.2 Å². The summed E-state index contributed by atoms with van der Waals surface area (Å²) in [5.41, 5.74) is 4.88. The highest BCUT2D eigenvalue weighted by atomic mass is 32.2. The van der Waals surface area contributed by atoms with Crippen LogP contribution in [0.5, 0.6) is 0 Å². The summed E-state index contributed by atoms with van der Waals surface area (Å²) in [4.78, 5) is 21.2. The lowest BCUT2D eigenvalue weighted by Crippen LogP contribution is -2.39. The van der Waals surface area contributed by atoms with E-state index in [1.807, 2.05) is 0 Å². The van der Waals surface area contributed by atoms with Crippen LogP contribution in [0, 0.1) is 10.1 Å². The van der Waals surface area contributed by atoms with Gasteiger partial charge in [0.2, 0.25) is 15.9 Å². The second-order valence-electron chi connectivity index (χ2n) is 4.15. The first-order chi connectivity index (χ1) is 9.78. The number of nitro benzene ring substituents is 1. The Bertz CT molecular complexity index is 631. The van der Waals surface area contributed by atoms with E-state index in [0.717, 1.165) is 10.4 Å². The van der Waals surface area contributed by atoms with E-state index in [1.165, 1.54) is 25.2 Å². The van der Waals surface area contributed by atoms with Gasteiger partial charge in [-0.2, -0.15) is 4.31 Å². The van der Waals surface area contributed by atoms with Gasteiger partial charge < -0.3 is 11.1 Å². The molecule has 0 saturated carbocycles. The van der Waals surface area contributed by atoms with E-state index in [2.05, 4.69) is 5.32 Å². The summed E-state index contributed by atoms with van der Waals surface area (Å²) < 4.78 is 25.2. The molecule has 0 spiro atoms. The van der Waals surface area contributed by atoms with Crippen molar-refractivity contribution in [2.45, 2.75) is 4.90 Å². The van der Waals surface area contributed by atoms with Crippen LogP contribution in [-0.4, -0.2) is 50.2 Å². The molecular weight excluding hydrogens is 300 g/mol. The molecule has 1 aromatic rings. The molecule has 21 heavy (non-hydrogen) atoms. The van der Waals surface area contributed by atoms with Gasteiger partial charge in [0.05, 0.1) is 16.4 Å². The zero-order valence-electron chi connectivity index (χ0n) is 11.4. The van der Waals surface area contributed by atoms with Crippen LogP contribution in [0.25, 0.3) is 0 Å². The maximum absolute atomic E-state index is 12.2. The number of likely N-dealkylation sites (N-methyl/N-ethyl adjacent to an activating group) is 1. The first kappa shape index (κ1) is 17.0. The average molecular weight is 316 g/mol. The van der Waals surface area contributed by atoms with Crippen molar-refractivity contribution in [2.75, 3.05) is 26.7 Å². The molecule has 10 heteroatoms. The van der Waals surface area contributed by atoms with Gasteiger partial charge in [-0.05, 0) is 6.07 Å². The Morgan fingerprint density at radius 2 is 2.14 bits per heavy atom. The van der Waals surface area contributed by atoms with Gasteiger partial charge in [-0.15, -0.1) is 0 Å². The summed E-state index contributed by atoms with van der Waals surface area (Å²) in [7, 11) is -2.76. The molecule has 0 saturated heterocycles. The minimum atomic E-state index is -3.98. The predicted octanol–water partition coefficient (Wildman–Crippen LogP) is -0.710. The van der Waals surface area contributed by atoms with Crippen LogP contribution in [0.2, 0.25) is 0 Å². The van der Waals surface area contributed by atoms with Gasteiger partial charge >= 0.3 is 0 Å². The molecule has 0 unspecified atom stereocenters. The fraction of sp³-hybridized carbons (Fsp3) is 0.364. The topological polar surface area (TPSA) is 136 Å². The number of benzene rings is 1. The Labute approximate surface area is 121 Å². The smallest absolute Gasteiger partial charge is 0.270 e. The number of amides is 1. The highest BCUT2D eigenvalue weighted by Crippen LogP contribution is 2.19. The van der Waals surface area contributed by atoms with E-state index >= 15 is 0 Å². The summed E-state index contributed by atoms with van der Waals surface area (Å²) in [6.45, 7) is 0.0850. The van der Waals surface area contributed by atoms with Crippen LogP contribution in [0.3, 0.4) is 0 Å².